The normalized spacial score (nSPS) is 10.3. The Morgan fingerprint density at radius 1 is 0.826 bits per heavy atom. The first-order valence-corrected chi connectivity index (χ1v) is 8.04. The van der Waals surface area contributed by atoms with E-state index < -0.39 is 0 Å². The number of hydrogen-bond acceptors (Lipinski definition) is 3. The van der Waals surface area contributed by atoms with Crippen LogP contribution in [0.15, 0.2) is 48.5 Å². The molecule has 0 saturated heterocycles. The van der Waals surface area contributed by atoms with Crippen molar-refractivity contribution >= 4 is 12.6 Å². The van der Waals surface area contributed by atoms with Crippen LogP contribution in [0.4, 0.5) is 0 Å². The van der Waals surface area contributed by atoms with E-state index in [0.717, 1.165) is 31.8 Å². The summed E-state index contributed by atoms with van der Waals surface area (Å²) in [5, 5.41) is 0. The number of carbonyl (C=O) groups excluding carboxylic acids is 2. The molecular weight excluding hydrogens is 288 g/mol. The van der Waals surface area contributed by atoms with E-state index in [-0.39, 0.29) is 0 Å². The van der Waals surface area contributed by atoms with Crippen LogP contribution in [0.3, 0.4) is 0 Å². The van der Waals surface area contributed by atoms with Crippen LogP contribution in [0.2, 0.25) is 0 Å². The summed E-state index contributed by atoms with van der Waals surface area (Å²) in [7, 11) is 0. The maximum absolute atomic E-state index is 11.0. The van der Waals surface area contributed by atoms with Crippen LogP contribution < -0.4 is 4.74 Å². The van der Waals surface area contributed by atoms with Crippen LogP contribution in [0.5, 0.6) is 5.75 Å². The van der Waals surface area contributed by atoms with Gasteiger partial charge in [-0.3, -0.25) is 9.59 Å². The molecule has 0 aliphatic heterocycles. The van der Waals surface area contributed by atoms with Gasteiger partial charge < -0.3 is 4.74 Å². The number of ether oxygens (including phenoxy) is 1. The molecule has 0 radical (unpaired) electrons. The van der Waals surface area contributed by atoms with Crippen molar-refractivity contribution in [2.75, 3.05) is 6.61 Å². The molecule has 0 spiro atoms. The number of benzene rings is 2. The van der Waals surface area contributed by atoms with Crippen molar-refractivity contribution in [2.24, 2.45) is 0 Å². The largest absolute Gasteiger partial charge is 0.493 e. The van der Waals surface area contributed by atoms with Gasteiger partial charge in [0.05, 0.1) is 12.2 Å². The topological polar surface area (TPSA) is 43.4 Å². The monoisotopic (exact) mass is 310 g/mol. The van der Waals surface area contributed by atoms with E-state index in [1.165, 1.54) is 18.4 Å². The third-order valence-electron chi connectivity index (χ3n) is 3.76. The van der Waals surface area contributed by atoms with Gasteiger partial charge in [-0.2, -0.15) is 0 Å². The van der Waals surface area contributed by atoms with Crippen molar-refractivity contribution < 1.29 is 14.3 Å². The highest BCUT2D eigenvalue weighted by atomic mass is 16.5. The van der Waals surface area contributed by atoms with Crippen molar-refractivity contribution in [3.63, 3.8) is 0 Å². The minimum atomic E-state index is 0.429. The highest BCUT2D eigenvalue weighted by Gasteiger charge is 2.04. The van der Waals surface area contributed by atoms with Gasteiger partial charge in [0.15, 0.2) is 6.29 Å². The van der Waals surface area contributed by atoms with E-state index in [9.17, 15) is 9.59 Å². The van der Waals surface area contributed by atoms with E-state index in [0.29, 0.717) is 23.5 Å². The van der Waals surface area contributed by atoms with E-state index in [1.54, 1.807) is 18.2 Å². The van der Waals surface area contributed by atoms with E-state index >= 15 is 0 Å². The van der Waals surface area contributed by atoms with E-state index in [4.69, 9.17) is 4.74 Å². The molecule has 2 aromatic rings. The van der Waals surface area contributed by atoms with Crippen molar-refractivity contribution in [2.45, 2.75) is 32.1 Å². The Balaban J connectivity index is 1.64. The Kier molecular flexibility index (Phi) is 7.05. The van der Waals surface area contributed by atoms with Gasteiger partial charge in [-0.15, -0.1) is 0 Å². The lowest BCUT2D eigenvalue weighted by Gasteiger charge is -2.08. The molecule has 3 nitrogen and oxygen atoms in total. The fourth-order valence-electron chi connectivity index (χ4n) is 2.48. The number of aldehydes is 2. The fraction of sp³-hybridized carbons (Fsp3) is 0.300. The van der Waals surface area contributed by atoms with Gasteiger partial charge >= 0.3 is 0 Å². The van der Waals surface area contributed by atoms with Gasteiger partial charge in [0.2, 0.25) is 0 Å². The SMILES string of the molecule is O=Cc1ccc(OCCCCCCc2ccccc2)c(C=O)c1. The van der Waals surface area contributed by atoms with Gasteiger partial charge in [-0.25, -0.2) is 0 Å². The third-order valence-corrected chi connectivity index (χ3v) is 3.76. The lowest BCUT2D eigenvalue weighted by atomic mass is 10.1. The smallest absolute Gasteiger partial charge is 0.153 e. The summed E-state index contributed by atoms with van der Waals surface area (Å²) in [5.74, 6) is 0.551. The molecular formula is C20H22O3. The quantitative estimate of drug-likeness (QED) is 0.479. The first kappa shape index (κ1) is 16.9. The molecule has 0 saturated carbocycles. The van der Waals surface area contributed by atoms with Crippen molar-refractivity contribution in [3.05, 3.63) is 65.2 Å². The molecule has 0 aromatic heterocycles. The van der Waals surface area contributed by atoms with Crippen LogP contribution in [-0.2, 0) is 6.42 Å². The summed E-state index contributed by atoms with van der Waals surface area (Å²) in [6.45, 7) is 0.590. The van der Waals surface area contributed by atoms with Crippen LogP contribution >= 0.6 is 0 Å². The van der Waals surface area contributed by atoms with Gasteiger partial charge in [0, 0.05) is 5.56 Å². The highest BCUT2D eigenvalue weighted by Crippen LogP contribution is 2.18. The molecule has 2 rings (SSSR count). The zero-order valence-corrected chi connectivity index (χ0v) is 13.2. The standard InChI is InChI=1S/C20H22O3/c21-15-18-11-12-20(19(14-18)16-22)23-13-7-2-1-4-8-17-9-5-3-6-10-17/h3,5-6,9-12,14-16H,1-2,4,7-8,13H2. The van der Waals surface area contributed by atoms with Gasteiger partial charge in [-0.05, 0) is 43.0 Å². The summed E-state index contributed by atoms with van der Waals surface area (Å²) in [6.07, 6.45) is 6.98. The lowest BCUT2D eigenvalue weighted by Crippen LogP contribution is -2.01. The molecule has 3 heteroatoms. The third kappa shape index (κ3) is 5.70. The number of unbranched alkanes of at least 4 members (excludes halogenated alkanes) is 3. The molecule has 0 heterocycles. The second-order valence-electron chi connectivity index (χ2n) is 5.53. The zero-order chi connectivity index (χ0) is 16.3. The molecule has 0 aliphatic carbocycles. The second-order valence-corrected chi connectivity index (χ2v) is 5.53. The Morgan fingerprint density at radius 3 is 2.35 bits per heavy atom. The molecule has 0 N–H and O–H groups in total. The summed E-state index contributed by atoms with van der Waals surface area (Å²) >= 11 is 0. The molecule has 120 valence electrons. The van der Waals surface area contributed by atoms with Gasteiger partial charge in [0.1, 0.15) is 12.0 Å². The molecule has 0 atom stereocenters. The minimum Gasteiger partial charge on any atom is -0.493 e. The van der Waals surface area contributed by atoms with Crippen LogP contribution in [0.1, 0.15) is 52.0 Å². The van der Waals surface area contributed by atoms with Crippen LogP contribution in [-0.4, -0.2) is 19.2 Å². The molecule has 0 bridgehead atoms. The van der Waals surface area contributed by atoms with Crippen molar-refractivity contribution in [3.8, 4) is 5.75 Å². The average molecular weight is 310 g/mol. The van der Waals surface area contributed by atoms with Gasteiger partial charge in [0.25, 0.3) is 0 Å². The Hall–Kier alpha value is -2.42. The van der Waals surface area contributed by atoms with Crippen LogP contribution in [0.25, 0.3) is 0 Å². The maximum atomic E-state index is 11.0. The van der Waals surface area contributed by atoms with Gasteiger partial charge in [-0.1, -0.05) is 43.2 Å². The molecule has 0 aliphatic rings. The first-order valence-electron chi connectivity index (χ1n) is 8.04. The number of hydrogen-bond donors (Lipinski definition) is 0. The fourth-order valence-corrected chi connectivity index (χ4v) is 2.48. The summed E-state index contributed by atoms with van der Waals surface area (Å²) in [5.41, 5.74) is 2.30. The predicted octanol–water partition coefficient (Wildman–Crippen LogP) is 4.49. The number of aryl methyl sites for hydroxylation is 1. The van der Waals surface area contributed by atoms with Crippen molar-refractivity contribution in [1.29, 1.82) is 0 Å². The number of carbonyl (C=O) groups is 2. The predicted molar refractivity (Wildman–Crippen MR) is 91.3 cm³/mol. The average Bonchev–Trinajstić information content (AvgIpc) is 2.61. The Bertz CT molecular complexity index is 620. The maximum Gasteiger partial charge on any atom is 0.153 e. The Morgan fingerprint density at radius 2 is 1.61 bits per heavy atom. The summed E-state index contributed by atoms with van der Waals surface area (Å²) in [6, 6.07) is 15.4. The molecule has 0 amide bonds. The lowest BCUT2D eigenvalue weighted by molar-refractivity contribution is 0.111. The molecule has 2 aromatic carbocycles. The Labute approximate surface area is 137 Å². The molecule has 0 unspecified atom stereocenters. The summed E-state index contributed by atoms with van der Waals surface area (Å²) < 4.78 is 5.65. The zero-order valence-electron chi connectivity index (χ0n) is 13.2. The van der Waals surface area contributed by atoms with E-state index in [1.807, 2.05) is 6.07 Å². The summed E-state index contributed by atoms with van der Waals surface area (Å²) in [4.78, 5) is 21.7. The highest BCUT2D eigenvalue weighted by molar-refractivity contribution is 5.84. The molecule has 0 fully saturated rings. The van der Waals surface area contributed by atoms with E-state index in [2.05, 4.69) is 24.3 Å². The number of rotatable bonds is 10. The second kappa shape index (κ2) is 9.57. The minimum absolute atomic E-state index is 0.429. The van der Waals surface area contributed by atoms with Crippen LogP contribution in [0, 0.1) is 0 Å². The van der Waals surface area contributed by atoms with Crippen molar-refractivity contribution in [1.82, 2.24) is 0 Å². The first-order chi connectivity index (χ1) is 11.3. The molecule has 23 heavy (non-hydrogen) atoms.